The van der Waals surface area contributed by atoms with Crippen LogP contribution in [0.1, 0.15) is 44.7 Å². The van der Waals surface area contributed by atoms with Gasteiger partial charge in [0.25, 0.3) is 0 Å². The predicted molar refractivity (Wildman–Crippen MR) is 130 cm³/mol. The van der Waals surface area contributed by atoms with E-state index >= 15 is 0 Å². The SMILES string of the molecule is CCC[C@@H]1Nc2cc3ccccc3cc2[C@@H](Nc2ccc3ccccc3c2)[C@H]1CC. The maximum absolute atomic E-state index is 3.94. The number of hydrogen-bond acceptors (Lipinski definition) is 2. The maximum atomic E-state index is 3.94. The smallest absolute Gasteiger partial charge is 0.0582 e. The predicted octanol–water partition coefficient (Wildman–Crippen LogP) is 7.77. The van der Waals surface area contributed by atoms with E-state index in [1.54, 1.807) is 0 Å². The van der Waals surface area contributed by atoms with Crippen molar-refractivity contribution in [3.63, 3.8) is 0 Å². The zero-order valence-corrected chi connectivity index (χ0v) is 17.9. The molecule has 0 radical (unpaired) electrons. The molecule has 0 saturated carbocycles. The van der Waals surface area contributed by atoms with Gasteiger partial charge in [-0.2, -0.15) is 0 Å². The second-order valence-corrected chi connectivity index (χ2v) is 8.58. The van der Waals surface area contributed by atoms with E-state index in [4.69, 9.17) is 0 Å². The Balaban J connectivity index is 1.60. The third-order valence-corrected chi connectivity index (χ3v) is 6.68. The monoisotopic (exact) mass is 394 g/mol. The summed E-state index contributed by atoms with van der Waals surface area (Å²) in [7, 11) is 0. The highest BCUT2D eigenvalue weighted by Crippen LogP contribution is 2.43. The Hall–Kier alpha value is -3.00. The van der Waals surface area contributed by atoms with Crippen LogP contribution in [0.5, 0.6) is 0 Å². The molecule has 2 heteroatoms. The fourth-order valence-electron chi connectivity index (χ4n) is 5.17. The Labute approximate surface area is 179 Å². The Morgan fingerprint density at radius 1 is 0.767 bits per heavy atom. The standard InChI is InChI=1S/C28H30N2/c1-3-9-26-24(4-2)28(29-23-15-14-19-10-5-6-11-20(19)16-23)25-17-21-12-7-8-13-22(21)18-27(25)30-26/h5-8,10-18,24,26,28-30H,3-4,9H2,1-2H3/t24-,26-,28-/m0/s1. The van der Waals surface area contributed by atoms with Crippen LogP contribution < -0.4 is 10.6 Å². The zero-order valence-electron chi connectivity index (χ0n) is 17.9. The molecule has 0 aliphatic carbocycles. The van der Waals surface area contributed by atoms with Gasteiger partial charge in [0.1, 0.15) is 0 Å². The van der Waals surface area contributed by atoms with Crippen LogP contribution in [0.3, 0.4) is 0 Å². The van der Waals surface area contributed by atoms with Gasteiger partial charge in [0.05, 0.1) is 6.04 Å². The first-order valence-corrected chi connectivity index (χ1v) is 11.3. The normalized spacial score (nSPS) is 20.7. The molecule has 4 aromatic carbocycles. The first-order chi connectivity index (χ1) is 14.8. The van der Waals surface area contributed by atoms with Crippen molar-refractivity contribution in [1.29, 1.82) is 0 Å². The average Bonchev–Trinajstić information content (AvgIpc) is 2.78. The Bertz CT molecular complexity index is 1180. The zero-order chi connectivity index (χ0) is 20.5. The minimum Gasteiger partial charge on any atom is -0.382 e. The number of nitrogens with one attached hydrogen (secondary N) is 2. The van der Waals surface area contributed by atoms with E-state index < -0.39 is 0 Å². The summed E-state index contributed by atoms with van der Waals surface area (Å²) in [5.41, 5.74) is 3.88. The minimum atomic E-state index is 0.300. The largest absolute Gasteiger partial charge is 0.382 e. The molecule has 0 unspecified atom stereocenters. The molecular weight excluding hydrogens is 364 g/mol. The molecule has 0 spiro atoms. The van der Waals surface area contributed by atoms with Crippen LogP contribution in [0.25, 0.3) is 21.5 Å². The van der Waals surface area contributed by atoms with E-state index in [1.807, 2.05) is 0 Å². The molecule has 1 aliphatic heterocycles. The summed E-state index contributed by atoms with van der Waals surface area (Å²) in [5.74, 6) is 0.546. The van der Waals surface area contributed by atoms with Crippen molar-refractivity contribution in [3.8, 4) is 0 Å². The van der Waals surface area contributed by atoms with E-state index in [1.165, 1.54) is 51.3 Å². The third kappa shape index (κ3) is 3.41. The number of benzene rings is 4. The van der Waals surface area contributed by atoms with Gasteiger partial charge in [-0.1, -0.05) is 74.9 Å². The van der Waals surface area contributed by atoms with Gasteiger partial charge >= 0.3 is 0 Å². The molecule has 30 heavy (non-hydrogen) atoms. The van der Waals surface area contributed by atoms with E-state index in [0.29, 0.717) is 18.0 Å². The molecule has 1 heterocycles. The molecule has 152 valence electrons. The number of rotatable bonds is 5. The average molecular weight is 395 g/mol. The van der Waals surface area contributed by atoms with Crippen LogP contribution in [-0.4, -0.2) is 6.04 Å². The van der Waals surface area contributed by atoms with Gasteiger partial charge < -0.3 is 10.6 Å². The fraction of sp³-hybridized carbons (Fsp3) is 0.286. The second kappa shape index (κ2) is 8.02. The highest BCUT2D eigenvalue weighted by atomic mass is 15.0. The summed E-state index contributed by atoms with van der Waals surface area (Å²) < 4.78 is 0. The Morgan fingerprint density at radius 3 is 2.13 bits per heavy atom. The Kier molecular flexibility index (Phi) is 5.08. The van der Waals surface area contributed by atoms with Gasteiger partial charge in [0.15, 0.2) is 0 Å². The highest BCUT2D eigenvalue weighted by Gasteiger charge is 2.35. The fourth-order valence-corrected chi connectivity index (χ4v) is 5.17. The molecule has 5 rings (SSSR count). The van der Waals surface area contributed by atoms with Crippen LogP contribution in [0, 0.1) is 5.92 Å². The molecule has 2 nitrogen and oxygen atoms in total. The van der Waals surface area contributed by atoms with Crippen molar-refractivity contribution < 1.29 is 0 Å². The van der Waals surface area contributed by atoms with E-state index in [0.717, 1.165) is 6.42 Å². The molecule has 0 saturated heterocycles. The molecule has 4 aromatic rings. The molecule has 0 bridgehead atoms. The van der Waals surface area contributed by atoms with Crippen LogP contribution in [0.15, 0.2) is 78.9 Å². The van der Waals surface area contributed by atoms with E-state index in [-0.39, 0.29) is 0 Å². The van der Waals surface area contributed by atoms with Crippen LogP contribution in [0.4, 0.5) is 11.4 Å². The molecule has 2 N–H and O–H groups in total. The first kappa shape index (κ1) is 19.0. The van der Waals surface area contributed by atoms with Gasteiger partial charge in [-0.25, -0.2) is 0 Å². The molecule has 3 atom stereocenters. The van der Waals surface area contributed by atoms with E-state index in [9.17, 15) is 0 Å². The van der Waals surface area contributed by atoms with E-state index in [2.05, 4.69) is 103 Å². The molecule has 0 fully saturated rings. The lowest BCUT2D eigenvalue weighted by molar-refractivity contribution is 0.349. The van der Waals surface area contributed by atoms with Crippen LogP contribution in [0.2, 0.25) is 0 Å². The van der Waals surface area contributed by atoms with Gasteiger partial charge in [-0.05, 0) is 64.2 Å². The summed E-state index contributed by atoms with van der Waals surface area (Å²) >= 11 is 0. The van der Waals surface area contributed by atoms with Crippen molar-refractivity contribution in [2.24, 2.45) is 5.92 Å². The molecular formula is C28H30N2. The van der Waals surface area contributed by atoms with Crippen molar-refractivity contribution in [2.45, 2.75) is 45.2 Å². The lowest BCUT2D eigenvalue weighted by atomic mass is 9.78. The molecule has 0 amide bonds. The minimum absolute atomic E-state index is 0.300. The summed E-state index contributed by atoms with van der Waals surface area (Å²) in [4.78, 5) is 0. The van der Waals surface area contributed by atoms with Gasteiger partial charge in [-0.15, -0.1) is 0 Å². The second-order valence-electron chi connectivity index (χ2n) is 8.58. The lowest BCUT2D eigenvalue weighted by Gasteiger charge is -2.41. The molecule has 1 aliphatic rings. The van der Waals surface area contributed by atoms with Crippen molar-refractivity contribution in [1.82, 2.24) is 0 Å². The number of hydrogen-bond donors (Lipinski definition) is 2. The summed E-state index contributed by atoms with van der Waals surface area (Å²) in [5, 5.41) is 13.0. The van der Waals surface area contributed by atoms with Crippen LogP contribution >= 0.6 is 0 Å². The van der Waals surface area contributed by atoms with Crippen LogP contribution in [-0.2, 0) is 0 Å². The van der Waals surface area contributed by atoms with Crippen molar-refractivity contribution >= 4 is 32.9 Å². The summed E-state index contributed by atoms with van der Waals surface area (Å²) in [6, 6.07) is 29.6. The van der Waals surface area contributed by atoms with Gasteiger partial charge in [0.2, 0.25) is 0 Å². The summed E-state index contributed by atoms with van der Waals surface area (Å²) in [6.07, 6.45) is 3.54. The first-order valence-electron chi connectivity index (χ1n) is 11.3. The molecule has 0 aromatic heterocycles. The lowest BCUT2D eigenvalue weighted by Crippen LogP contribution is -2.40. The van der Waals surface area contributed by atoms with Gasteiger partial charge in [-0.3, -0.25) is 0 Å². The quantitative estimate of drug-likeness (QED) is 0.361. The number of fused-ring (bicyclic) bond motifs is 3. The van der Waals surface area contributed by atoms with Crippen molar-refractivity contribution in [3.05, 3.63) is 84.4 Å². The topological polar surface area (TPSA) is 24.1 Å². The third-order valence-electron chi connectivity index (χ3n) is 6.68. The van der Waals surface area contributed by atoms with Crippen molar-refractivity contribution in [2.75, 3.05) is 10.6 Å². The number of anilines is 2. The maximum Gasteiger partial charge on any atom is 0.0582 e. The highest BCUT2D eigenvalue weighted by molar-refractivity contribution is 5.89. The Morgan fingerprint density at radius 2 is 1.43 bits per heavy atom. The van der Waals surface area contributed by atoms with Gasteiger partial charge in [0, 0.05) is 23.3 Å². The summed E-state index contributed by atoms with van der Waals surface area (Å²) in [6.45, 7) is 4.62.